The van der Waals surface area contributed by atoms with Gasteiger partial charge in [-0.1, -0.05) is 24.6 Å². The van der Waals surface area contributed by atoms with Crippen LogP contribution in [0.4, 0.5) is 10.1 Å². The van der Waals surface area contributed by atoms with Crippen molar-refractivity contribution in [3.8, 4) is 5.75 Å². The number of hydrogen-bond donors (Lipinski definition) is 2. The second-order valence-electron chi connectivity index (χ2n) is 12.5. The third kappa shape index (κ3) is 7.15. The quantitative estimate of drug-likeness (QED) is 0.340. The highest BCUT2D eigenvalue weighted by molar-refractivity contribution is 7.92. The van der Waals surface area contributed by atoms with Crippen molar-refractivity contribution in [2.45, 2.75) is 70.2 Å². The summed E-state index contributed by atoms with van der Waals surface area (Å²) in [4.78, 5) is 40.5. The number of benzene rings is 2. The van der Waals surface area contributed by atoms with Crippen molar-refractivity contribution < 1.29 is 37.0 Å². The SMILES string of the molecule is COc1cc(NC(=O)C[C@H]2C[C@H](C)[C@@H](c3ccc(Cl)c(F)c3)N([C@H](CS(=O)(=O)C(C)(C)C)C3CC3)C2=O)ccc1C(=O)O. The highest BCUT2D eigenvalue weighted by Gasteiger charge is 2.50. The van der Waals surface area contributed by atoms with Gasteiger partial charge in [0.15, 0.2) is 9.84 Å². The van der Waals surface area contributed by atoms with Crippen molar-refractivity contribution in [2.24, 2.45) is 17.8 Å². The van der Waals surface area contributed by atoms with Crippen LogP contribution in [0.15, 0.2) is 36.4 Å². The number of likely N-dealkylation sites (tertiary alicyclic amines) is 1. The van der Waals surface area contributed by atoms with Gasteiger partial charge in [0.1, 0.15) is 17.1 Å². The molecule has 1 saturated carbocycles. The molecule has 0 bridgehead atoms. The molecule has 43 heavy (non-hydrogen) atoms. The topological polar surface area (TPSA) is 130 Å². The molecule has 2 amide bonds. The number of sulfone groups is 1. The number of piperidine rings is 1. The first-order chi connectivity index (χ1) is 20.0. The molecule has 2 aromatic rings. The Hall–Kier alpha value is -3.18. The Morgan fingerprint density at radius 1 is 1.19 bits per heavy atom. The van der Waals surface area contributed by atoms with Gasteiger partial charge in [-0.2, -0.15) is 0 Å². The normalized spacial score (nSPS) is 21.8. The Labute approximate surface area is 256 Å². The van der Waals surface area contributed by atoms with Gasteiger partial charge in [0.2, 0.25) is 11.8 Å². The van der Waals surface area contributed by atoms with Gasteiger partial charge in [0.25, 0.3) is 0 Å². The Bertz CT molecular complexity index is 1520. The van der Waals surface area contributed by atoms with Gasteiger partial charge in [0.05, 0.1) is 28.7 Å². The molecule has 9 nitrogen and oxygen atoms in total. The van der Waals surface area contributed by atoms with E-state index < -0.39 is 50.3 Å². The number of rotatable bonds is 10. The number of aromatic carboxylic acids is 1. The summed E-state index contributed by atoms with van der Waals surface area (Å²) in [5, 5.41) is 12.0. The van der Waals surface area contributed by atoms with Crippen molar-refractivity contribution in [1.82, 2.24) is 4.90 Å². The summed E-state index contributed by atoms with van der Waals surface area (Å²) in [6.07, 6.45) is 1.68. The Kier molecular flexibility index (Phi) is 9.47. The molecule has 2 aromatic carbocycles. The number of carboxylic acids is 1. The van der Waals surface area contributed by atoms with Gasteiger partial charge in [-0.25, -0.2) is 17.6 Å². The number of methoxy groups -OCH3 is 1. The van der Waals surface area contributed by atoms with Gasteiger partial charge < -0.3 is 20.1 Å². The van der Waals surface area contributed by atoms with E-state index >= 15 is 0 Å². The fourth-order valence-electron chi connectivity index (χ4n) is 5.81. The molecule has 0 radical (unpaired) electrons. The minimum Gasteiger partial charge on any atom is -0.496 e. The van der Waals surface area contributed by atoms with Crippen LogP contribution in [0, 0.1) is 23.6 Å². The first-order valence-electron chi connectivity index (χ1n) is 14.2. The number of carboxylic acid groups (broad SMARTS) is 1. The number of anilines is 1. The lowest BCUT2D eigenvalue weighted by Crippen LogP contribution is -2.55. The average molecular weight is 637 g/mol. The predicted octanol–water partition coefficient (Wildman–Crippen LogP) is 5.73. The summed E-state index contributed by atoms with van der Waals surface area (Å²) in [6, 6.07) is 7.30. The summed E-state index contributed by atoms with van der Waals surface area (Å²) in [7, 11) is -2.31. The van der Waals surface area contributed by atoms with E-state index in [-0.39, 0.29) is 46.3 Å². The van der Waals surface area contributed by atoms with Crippen LogP contribution in [-0.4, -0.2) is 59.9 Å². The molecule has 2 fully saturated rings. The molecule has 234 valence electrons. The maximum Gasteiger partial charge on any atom is 0.339 e. The molecule has 0 unspecified atom stereocenters. The first kappa shape index (κ1) is 32.7. The third-order valence-electron chi connectivity index (χ3n) is 8.38. The summed E-state index contributed by atoms with van der Waals surface area (Å²) >= 11 is 5.96. The summed E-state index contributed by atoms with van der Waals surface area (Å²) in [5.41, 5.74) is 0.769. The van der Waals surface area contributed by atoms with Crippen LogP contribution in [0.25, 0.3) is 0 Å². The zero-order valence-electron chi connectivity index (χ0n) is 24.9. The minimum absolute atomic E-state index is 0.0271. The first-order valence-corrected chi connectivity index (χ1v) is 16.3. The van der Waals surface area contributed by atoms with Crippen molar-refractivity contribution in [1.29, 1.82) is 0 Å². The van der Waals surface area contributed by atoms with E-state index in [0.717, 1.165) is 12.8 Å². The molecule has 2 aliphatic rings. The molecule has 12 heteroatoms. The van der Waals surface area contributed by atoms with Crippen LogP contribution in [0.2, 0.25) is 5.02 Å². The average Bonchev–Trinajstić information content (AvgIpc) is 3.75. The fraction of sp³-hybridized carbons (Fsp3) is 0.516. The van der Waals surface area contributed by atoms with Crippen molar-refractivity contribution in [3.63, 3.8) is 0 Å². The number of nitrogens with zero attached hydrogens (tertiary/aromatic N) is 1. The monoisotopic (exact) mass is 636 g/mol. The Balaban J connectivity index is 1.66. The molecule has 1 saturated heterocycles. The lowest BCUT2D eigenvalue weighted by molar-refractivity contribution is -0.150. The van der Waals surface area contributed by atoms with Crippen molar-refractivity contribution >= 4 is 44.9 Å². The molecular formula is C31H38ClFN2O7S. The van der Waals surface area contributed by atoms with E-state index in [9.17, 15) is 32.3 Å². The number of carbonyl (C=O) groups excluding carboxylic acids is 2. The van der Waals surface area contributed by atoms with E-state index in [1.165, 1.54) is 37.4 Å². The van der Waals surface area contributed by atoms with Crippen LogP contribution in [0.3, 0.4) is 0 Å². The number of ether oxygens (including phenoxy) is 1. The fourth-order valence-corrected chi connectivity index (χ4v) is 7.31. The number of amides is 2. The molecule has 0 aromatic heterocycles. The molecule has 4 rings (SSSR count). The van der Waals surface area contributed by atoms with Gasteiger partial charge in [-0.15, -0.1) is 0 Å². The molecule has 2 N–H and O–H groups in total. The number of hydrogen-bond acceptors (Lipinski definition) is 6. The largest absolute Gasteiger partial charge is 0.496 e. The van der Waals surface area contributed by atoms with E-state index in [1.807, 2.05) is 6.92 Å². The maximum atomic E-state index is 14.6. The van der Waals surface area contributed by atoms with Crippen LogP contribution in [0.1, 0.15) is 75.3 Å². The Morgan fingerprint density at radius 2 is 1.86 bits per heavy atom. The maximum absolute atomic E-state index is 14.6. The summed E-state index contributed by atoms with van der Waals surface area (Å²) in [6.45, 7) is 6.80. The van der Waals surface area contributed by atoms with Gasteiger partial charge in [-0.05, 0) is 81.7 Å². The smallest absolute Gasteiger partial charge is 0.339 e. The second kappa shape index (κ2) is 12.4. The van der Waals surface area contributed by atoms with Crippen molar-refractivity contribution in [2.75, 3.05) is 18.2 Å². The molecule has 1 aliphatic carbocycles. The Morgan fingerprint density at radius 3 is 2.42 bits per heavy atom. The number of halogens is 2. The standard InChI is InChI=1S/C31H38ClFN2O7S/c1-17-12-20(14-27(36)34-21-9-10-22(30(38)39)26(15-21)42-5)29(37)35(28(17)19-8-11-23(32)24(33)13-19)25(18-6-7-18)16-43(40,41)31(2,3)4/h8-11,13,15,17-18,20,25,28H,6-7,12,14,16H2,1-5H3,(H,34,36)(H,38,39)/t17-,20+,25+,28-/m0/s1. The molecule has 4 atom stereocenters. The zero-order valence-corrected chi connectivity index (χ0v) is 26.5. The van der Waals surface area contributed by atoms with E-state index in [1.54, 1.807) is 31.7 Å². The lowest BCUT2D eigenvalue weighted by atomic mass is 9.78. The van der Waals surface area contributed by atoms with Crippen LogP contribution in [-0.2, 0) is 19.4 Å². The van der Waals surface area contributed by atoms with Crippen LogP contribution >= 0.6 is 11.6 Å². The third-order valence-corrected chi connectivity index (χ3v) is 11.3. The highest BCUT2D eigenvalue weighted by Crippen LogP contribution is 2.47. The lowest BCUT2D eigenvalue weighted by Gasteiger charge is -2.48. The van der Waals surface area contributed by atoms with E-state index in [4.69, 9.17) is 16.3 Å². The van der Waals surface area contributed by atoms with Gasteiger partial charge >= 0.3 is 5.97 Å². The van der Waals surface area contributed by atoms with Gasteiger partial charge in [0, 0.05) is 30.1 Å². The molecule has 0 spiro atoms. The number of carbonyl (C=O) groups is 3. The van der Waals surface area contributed by atoms with Crippen LogP contribution in [0.5, 0.6) is 5.75 Å². The minimum atomic E-state index is -3.63. The number of nitrogens with one attached hydrogen (secondary N) is 1. The second-order valence-corrected chi connectivity index (χ2v) is 15.7. The van der Waals surface area contributed by atoms with Gasteiger partial charge in [-0.3, -0.25) is 9.59 Å². The van der Waals surface area contributed by atoms with E-state index in [0.29, 0.717) is 17.7 Å². The van der Waals surface area contributed by atoms with Crippen molar-refractivity contribution in [3.05, 3.63) is 58.4 Å². The molecule has 1 aliphatic heterocycles. The molecular weight excluding hydrogens is 599 g/mol. The molecule has 1 heterocycles. The zero-order chi connectivity index (χ0) is 31.9. The van der Waals surface area contributed by atoms with E-state index in [2.05, 4.69) is 5.32 Å². The summed E-state index contributed by atoms with van der Waals surface area (Å²) in [5.74, 6) is -3.79. The highest BCUT2D eigenvalue weighted by atomic mass is 35.5. The summed E-state index contributed by atoms with van der Waals surface area (Å²) < 4.78 is 45.6. The predicted molar refractivity (Wildman–Crippen MR) is 162 cm³/mol. The van der Waals surface area contributed by atoms with Crippen LogP contribution < -0.4 is 10.1 Å².